The minimum Gasteiger partial charge on any atom is -0.282 e. The molecule has 1 heterocycles. The first-order valence-corrected chi connectivity index (χ1v) is 10.2. The monoisotopic (exact) mass is 381 g/mol. The average molecular weight is 381 g/mol. The zero-order chi connectivity index (χ0) is 19.9. The second-order valence-electron chi connectivity index (χ2n) is 7.26. The van der Waals surface area contributed by atoms with Crippen molar-refractivity contribution in [2.75, 3.05) is 11.2 Å². The number of carbonyl (C=O) groups excluding carboxylic acids is 3. The van der Waals surface area contributed by atoms with E-state index < -0.39 is 5.91 Å². The summed E-state index contributed by atoms with van der Waals surface area (Å²) in [5.74, 6) is -0.477. The van der Waals surface area contributed by atoms with Crippen molar-refractivity contribution >= 4 is 34.4 Å². The van der Waals surface area contributed by atoms with Crippen molar-refractivity contribution < 1.29 is 14.4 Å². The molecule has 27 heavy (non-hydrogen) atoms. The van der Waals surface area contributed by atoms with E-state index in [9.17, 15) is 14.4 Å². The van der Waals surface area contributed by atoms with Crippen molar-refractivity contribution in [3.8, 4) is 0 Å². The standard InChI is InChI=1S/C22H23NO3S/c1-12(2)14-8-6-9-15(13(3)4)19(14)23-20(24)16-10-7-11-17(22(26)27-5)18(16)21(23)25/h6-13H,1-5H3. The highest BCUT2D eigenvalue weighted by Crippen LogP contribution is 2.40. The summed E-state index contributed by atoms with van der Waals surface area (Å²) in [6.07, 6.45) is 1.67. The Morgan fingerprint density at radius 1 is 0.889 bits per heavy atom. The SMILES string of the molecule is CSC(=O)c1cccc2c1C(=O)N(c1c(C(C)C)cccc1C(C)C)C2=O. The van der Waals surface area contributed by atoms with Gasteiger partial charge in [0, 0.05) is 5.56 Å². The van der Waals surface area contributed by atoms with Crippen LogP contribution >= 0.6 is 11.8 Å². The van der Waals surface area contributed by atoms with Crippen molar-refractivity contribution in [3.63, 3.8) is 0 Å². The highest BCUT2D eigenvalue weighted by molar-refractivity contribution is 8.13. The molecule has 0 saturated carbocycles. The maximum absolute atomic E-state index is 13.3. The molecule has 0 radical (unpaired) electrons. The molecule has 0 aliphatic carbocycles. The van der Waals surface area contributed by atoms with Gasteiger partial charge in [0.15, 0.2) is 0 Å². The second kappa shape index (κ2) is 7.31. The first-order valence-electron chi connectivity index (χ1n) is 9.02. The van der Waals surface area contributed by atoms with E-state index in [1.54, 1.807) is 24.5 Å². The van der Waals surface area contributed by atoms with E-state index in [0.717, 1.165) is 22.9 Å². The van der Waals surface area contributed by atoms with Crippen LogP contribution in [0.3, 0.4) is 0 Å². The van der Waals surface area contributed by atoms with Crippen LogP contribution in [0.25, 0.3) is 0 Å². The number of amides is 2. The number of benzene rings is 2. The maximum atomic E-state index is 13.3. The molecule has 140 valence electrons. The van der Waals surface area contributed by atoms with Crippen LogP contribution in [0.4, 0.5) is 5.69 Å². The van der Waals surface area contributed by atoms with Gasteiger partial charge in [-0.25, -0.2) is 4.90 Å². The van der Waals surface area contributed by atoms with Gasteiger partial charge in [-0.2, -0.15) is 0 Å². The molecule has 1 aliphatic heterocycles. The van der Waals surface area contributed by atoms with E-state index >= 15 is 0 Å². The summed E-state index contributed by atoms with van der Waals surface area (Å²) in [6.45, 7) is 8.18. The lowest BCUT2D eigenvalue weighted by molar-refractivity contribution is 0.0922. The number of carbonyl (C=O) groups is 3. The minimum absolute atomic E-state index is 0.148. The molecule has 3 rings (SSSR count). The molecular weight excluding hydrogens is 358 g/mol. The molecular formula is C22H23NO3S. The molecule has 0 saturated heterocycles. The zero-order valence-electron chi connectivity index (χ0n) is 16.2. The number of para-hydroxylation sites is 1. The number of thioether (sulfide) groups is 1. The molecule has 4 nitrogen and oxygen atoms in total. The smallest absolute Gasteiger partial charge is 0.266 e. The Bertz CT molecular complexity index is 920. The van der Waals surface area contributed by atoms with Gasteiger partial charge in [0.1, 0.15) is 0 Å². The molecule has 5 heteroatoms. The van der Waals surface area contributed by atoms with Gasteiger partial charge in [-0.1, -0.05) is 63.7 Å². The molecule has 0 N–H and O–H groups in total. The lowest BCUT2D eigenvalue weighted by atomic mass is 9.92. The van der Waals surface area contributed by atoms with Gasteiger partial charge in [0.2, 0.25) is 5.12 Å². The normalized spacial score (nSPS) is 13.7. The lowest BCUT2D eigenvalue weighted by Crippen LogP contribution is -2.32. The van der Waals surface area contributed by atoms with Gasteiger partial charge < -0.3 is 0 Å². The number of anilines is 1. The fourth-order valence-corrected chi connectivity index (χ4v) is 3.93. The number of fused-ring (bicyclic) bond motifs is 1. The predicted octanol–water partition coefficient (Wildman–Crippen LogP) is 5.24. The third-order valence-corrected chi connectivity index (χ3v) is 5.48. The van der Waals surface area contributed by atoms with Crippen LogP contribution in [-0.4, -0.2) is 23.2 Å². The maximum Gasteiger partial charge on any atom is 0.266 e. The molecule has 0 bridgehead atoms. The van der Waals surface area contributed by atoms with Crippen LogP contribution in [0.5, 0.6) is 0 Å². The number of imide groups is 1. The number of hydrogen-bond acceptors (Lipinski definition) is 4. The van der Waals surface area contributed by atoms with Crippen LogP contribution in [0.1, 0.15) is 81.7 Å². The average Bonchev–Trinajstić information content (AvgIpc) is 2.90. The first-order chi connectivity index (χ1) is 12.8. The van der Waals surface area contributed by atoms with Gasteiger partial charge in [0.25, 0.3) is 11.8 Å². The van der Waals surface area contributed by atoms with Crippen LogP contribution in [0.2, 0.25) is 0 Å². The lowest BCUT2D eigenvalue weighted by Gasteiger charge is -2.25. The molecule has 2 amide bonds. The van der Waals surface area contributed by atoms with Gasteiger partial charge in [0.05, 0.1) is 16.8 Å². The van der Waals surface area contributed by atoms with Crippen LogP contribution in [0.15, 0.2) is 36.4 Å². The predicted molar refractivity (Wildman–Crippen MR) is 110 cm³/mol. The molecule has 0 atom stereocenters. The van der Waals surface area contributed by atoms with Crippen molar-refractivity contribution in [1.82, 2.24) is 0 Å². The number of rotatable bonds is 4. The van der Waals surface area contributed by atoms with E-state index in [0.29, 0.717) is 16.8 Å². The molecule has 0 fully saturated rings. The van der Waals surface area contributed by atoms with E-state index in [2.05, 4.69) is 0 Å². The van der Waals surface area contributed by atoms with Crippen LogP contribution in [0, 0.1) is 0 Å². The molecule has 2 aromatic carbocycles. The van der Waals surface area contributed by atoms with E-state index in [1.165, 1.54) is 4.90 Å². The first kappa shape index (κ1) is 19.4. The summed E-state index contributed by atoms with van der Waals surface area (Å²) < 4.78 is 0. The van der Waals surface area contributed by atoms with E-state index in [-0.39, 0.29) is 28.4 Å². The van der Waals surface area contributed by atoms with Crippen molar-refractivity contribution in [3.05, 3.63) is 64.2 Å². The molecule has 1 aliphatic rings. The summed E-state index contributed by atoms with van der Waals surface area (Å²) in [6, 6.07) is 10.8. The highest BCUT2D eigenvalue weighted by Gasteiger charge is 2.41. The minimum atomic E-state index is -0.414. The Balaban J connectivity index is 2.26. The molecule has 0 spiro atoms. The Kier molecular flexibility index (Phi) is 5.24. The van der Waals surface area contributed by atoms with Gasteiger partial charge >= 0.3 is 0 Å². The third kappa shape index (κ3) is 3.10. The highest BCUT2D eigenvalue weighted by atomic mass is 32.2. The van der Waals surface area contributed by atoms with Crippen LogP contribution in [-0.2, 0) is 0 Å². The Labute approximate surface area is 163 Å². The van der Waals surface area contributed by atoms with E-state index in [1.807, 2.05) is 45.9 Å². The van der Waals surface area contributed by atoms with Gasteiger partial charge in [-0.3, -0.25) is 14.4 Å². The Morgan fingerprint density at radius 3 is 1.96 bits per heavy atom. The quantitative estimate of drug-likeness (QED) is 0.680. The van der Waals surface area contributed by atoms with Gasteiger partial charge in [-0.15, -0.1) is 0 Å². The summed E-state index contributed by atoms with van der Waals surface area (Å²) in [4.78, 5) is 40.1. The van der Waals surface area contributed by atoms with E-state index in [4.69, 9.17) is 0 Å². The molecule has 2 aromatic rings. The summed E-state index contributed by atoms with van der Waals surface area (Å²) in [7, 11) is 0. The Hall–Kier alpha value is -2.40. The molecule has 0 aromatic heterocycles. The van der Waals surface area contributed by atoms with Crippen molar-refractivity contribution in [1.29, 1.82) is 0 Å². The fourth-order valence-electron chi connectivity index (χ4n) is 3.54. The zero-order valence-corrected chi connectivity index (χ0v) is 17.0. The van der Waals surface area contributed by atoms with Crippen molar-refractivity contribution in [2.45, 2.75) is 39.5 Å². The number of hydrogen-bond donors (Lipinski definition) is 0. The summed E-state index contributed by atoms with van der Waals surface area (Å²) >= 11 is 1.04. The summed E-state index contributed by atoms with van der Waals surface area (Å²) in [5, 5.41) is -0.212. The third-order valence-electron chi connectivity index (χ3n) is 4.89. The topological polar surface area (TPSA) is 54.5 Å². The fraction of sp³-hybridized carbons (Fsp3) is 0.318. The van der Waals surface area contributed by atoms with Crippen molar-refractivity contribution in [2.24, 2.45) is 0 Å². The Morgan fingerprint density at radius 2 is 1.44 bits per heavy atom. The molecule has 0 unspecified atom stereocenters. The van der Waals surface area contributed by atoms with Gasteiger partial charge in [-0.05, 0) is 41.4 Å². The second-order valence-corrected chi connectivity index (χ2v) is 8.04. The number of nitrogens with zero attached hydrogens (tertiary/aromatic N) is 1. The van der Waals surface area contributed by atoms with Crippen LogP contribution < -0.4 is 4.90 Å². The summed E-state index contributed by atoms with van der Waals surface area (Å²) in [5.41, 5.74) is 3.38. The largest absolute Gasteiger partial charge is 0.282 e.